The fourth-order valence-electron chi connectivity index (χ4n) is 2.36. The molecule has 5 heteroatoms. The van der Waals surface area contributed by atoms with Gasteiger partial charge in [0.2, 0.25) is 0 Å². The molecule has 2 amide bonds. The highest BCUT2D eigenvalue weighted by Crippen LogP contribution is 2.24. The SMILES string of the molecule is CCc1oc2ccccc2c1/C=N\NC(=O)Nc1ccccc1. The minimum Gasteiger partial charge on any atom is -0.460 e. The van der Waals surface area contributed by atoms with E-state index in [1.54, 1.807) is 6.21 Å². The van der Waals surface area contributed by atoms with Gasteiger partial charge in [-0.15, -0.1) is 0 Å². The molecule has 2 N–H and O–H groups in total. The minimum atomic E-state index is -0.390. The van der Waals surface area contributed by atoms with Gasteiger partial charge in [-0.25, -0.2) is 10.2 Å². The van der Waals surface area contributed by atoms with Crippen molar-refractivity contribution in [3.8, 4) is 0 Å². The molecule has 1 heterocycles. The topological polar surface area (TPSA) is 66.6 Å². The summed E-state index contributed by atoms with van der Waals surface area (Å²) in [5.74, 6) is 0.847. The van der Waals surface area contributed by atoms with E-state index in [2.05, 4.69) is 15.8 Å². The Balaban J connectivity index is 1.72. The second kappa shape index (κ2) is 6.79. The third-order valence-corrected chi connectivity index (χ3v) is 3.42. The predicted octanol–water partition coefficient (Wildman–Crippen LogP) is 4.15. The number of fused-ring (bicyclic) bond motifs is 1. The van der Waals surface area contributed by atoms with Crippen LogP contribution in [0.5, 0.6) is 0 Å². The van der Waals surface area contributed by atoms with E-state index in [9.17, 15) is 4.79 Å². The van der Waals surface area contributed by atoms with Crippen molar-refractivity contribution in [1.29, 1.82) is 0 Å². The number of hydrogen-bond donors (Lipinski definition) is 2. The number of rotatable bonds is 4. The summed E-state index contributed by atoms with van der Waals surface area (Å²) in [6.07, 6.45) is 2.38. The lowest BCUT2D eigenvalue weighted by Gasteiger charge is -2.03. The summed E-state index contributed by atoms with van der Waals surface area (Å²) in [7, 11) is 0. The lowest BCUT2D eigenvalue weighted by molar-refractivity contribution is 0.252. The summed E-state index contributed by atoms with van der Waals surface area (Å²) in [5, 5.41) is 7.71. The fourth-order valence-corrected chi connectivity index (χ4v) is 2.36. The molecule has 0 spiro atoms. The average molecular weight is 307 g/mol. The maximum atomic E-state index is 11.8. The van der Waals surface area contributed by atoms with E-state index < -0.39 is 6.03 Å². The van der Waals surface area contributed by atoms with Gasteiger partial charge in [-0.05, 0) is 18.2 Å². The number of aryl methyl sites for hydroxylation is 1. The molecule has 0 saturated carbocycles. The Kier molecular flexibility index (Phi) is 4.38. The van der Waals surface area contributed by atoms with Crippen molar-refractivity contribution < 1.29 is 9.21 Å². The summed E-state index contributed by atoms with van der Waals surface area (Å²) in [6.45, 7) is 2.02. The zero-order valence-electron chi connectivity index (χ0n) is 12.7. The second-order valence-corrected chi connectivity index (χ2v) is 4.98. The number of hydrogen-bond acceptors (Lipinski definition) is 3. The van der Waals surface area contributed by atoms with Crippen LogP contribution in [-0.2, 0) is 6.42 Å². The average Bonchev–Trinajstić information content (AvgIpc) is 2.94. The fraction of sp³-hybridized carbons (Fsp3) is 0.111. The lowest BCUT2D eigenvalue weighted by Crippen LogP contribution is -2.24. The summed E-state index contributed by atoms with van der Waals surface area (Å²) in [6, 6.07) is 16.6. The second-order valence-electron chi connectivity index (χ2n) is 4.98. The van der Waals surface area contributed by atoms with Gasteiger partial charge >= 0.3 is 6.03 Å². The van der Waals surface area contributed by atoms with E-state index in [1.165, 1.54) is 0 Å². The summed E-state index contributed by atoms with van der Waals surface area (Å²) < 4.78 is 5.78. The van der Waals surface area contributed by atoms with E-state index in [1.807, 2.05) is 61.5 Å². The van der Waals surface area contributed by atoms with E-state index in [0.717, 1.165) is 28.7 Å². The summed E-state index contributed by atoms with van der Waals surface area (Å²) in [4.78, 5) is 11.8. The predicted molar refractivity (Wildman–Crippen MR) is 91.8 cm³/mol. The van der Waals surface area contributed by atoms with Gasteiger partial charge in [0.05, 0.1) is 6.21 Å². The Hall–Kier alpha value is -3.08. The van der Waals surface area contributed by atoms with Crippen LogP contribution < -0.4 is 10.7 Å². The van der Waals surface area contributed by atoms with E-state index >= 15 is 0 Å². The molecule has 116 valence electrons. The number of carbonyl (C=O) groups excluding carboxylic acids is 1. The molecular formula is C18H17N3O2. The van der Waals surface area contributed by atoms with Crippen molar-refractivity contribution in [2.24, 2.45) is 5.10 Å². The monoisotopic (exact) mass is 307 g/mol. The van der Waals surface area contributed by atoms with E-state index in [4.69, 9.17) is 4.42 Å². The molecule has 0 atom stereocenters. The molecule has 0 aliphatic heterocycles. The summed E-state index contributed by atoms with van der Waals surface area (Å²) in [5.41, 5.74) is 4.89. The first kappa shape index (κ1) is 14.8. The minimum absolute atomic E-state index is 0.390. The van der Waals surface area contributed by atoms with Gasteiger partial charge in [0.15, 0.2) is 0 Å². The molecule has 23 heavy (non-hydrogen) atoms. The maximum Gasteiger partial charge on any atom is 0.339 e. The van der Waals surface area contributed by atoms with Crippen LogP contribution in [0.2, 0.25) is 0 Å². The van der Waals surface area contributed by atoms with Crippen LogP contribution in [0.1, 0.15) is 18.2 Å². The molecule has 0 radical (unpaired) electrons. The van der Waals surface area contributed by atoms with Gasteiger partial charge in [0.1, 0.15) is 11.3 Å². The standard InChI is InChI=1S/C18H17N3O2/c1-2-16-15(14-10-6-7-11-17(14)23-16)12-19-21-18(22)20-13-8-4-3-5-9-13/h3-12H,2H2,1H3,(H2,20,21,22)/b19-12-. The molecule has 2 aromatic carbocycles. The number of hydrazone groups is 1. The van der Waals surface area contributed by atoms with Crippen LogP contribution in [0, 0.1) is 0 Å². The van der Waals surface area contributed by atoms with Gasteiger partial charge in [-0.3, -0.25) is 0 Å². The highest BCUT2D eigenvalue weighted by atomic mass is 16.3. The van der Waals surface area contributed by atoms with Crippen LogP contribution in [0.15, 0.2) is 64.1 Å². The van der Waals surface area contributed by atoms with Crippen LogP contribution in [0.25, 0.3) is 11.0 Å². The van der Waals surface area contributed by atoms with Crippen LogP contribution in [-0.4, -0.2) is 12.2 Å². The zero-order valence-corrected chi connectivity index (χ0v) is 12.7. The molecule has 5 nitrogen and oxygen atoms in total. The number of amides is 2. The Morgan fingerprint density at radius 1 is 1.13 bits per heavy atom. The van der Waals surface area contributed by atoms with Gasteiger partial charge in [0.25, 0.3) is 0 Å². The molecular weight excluding hydrogens is 290 g/mol. The van der Waals surface area contributed by atoms with Crippen LogP contribution >= 0.6 is 0 Å². The normalized spacial score (nSPS) is 11.0. The number of furan rings is 1. The van der Waals surface area contributed by atoms with Gasteiger partial charge in [-0.2, -0.15) is 5.10 Å². The number of nitrogens with one attached hydrogen (secondary N) is 2. The van der Waals surface area contributed by atoms with E-state index in [-0.39, 0.29) is 0 Å². The summed E-state index contributed by atoms with van der Waals surface area (Å²) >= 11 is 0. The Labute approximate surface area is 134 Å². The number of carbonyl (C=O) groups is 1. The third kappa shape index (κ3) is 3.40. The highest BCUT2D eigenvalue weighted by Gasteiger charge is 2.10. The number of anilines is 1. The van der Waals surface area contributed by atoms with Crippen LogP contribution in [0.4, 0.5) is 10.5 Å². The van der Waals surface area contributed by atoms with Crippen molar-refractivity contribution in [2.75, 3.05) is 5.32 Å². The number of benzene rings is 2. The Bertz CT molecular complexity index is 838. The van der Waals surface area contributed by atoms with Gasteiger partial charge in [-0.1, -0.05) is 43.3 Å². The smallest absolute Gasteiger partial charge is 0.339 e. The molecule has 0 aliphatic carbocycles. The largest absolute Gasteiger partial charge is 0.460 e. The molecule has 3 rings (SSSR count). The first-order valence-corrected chi connectivity index (χ1v) is 7.43. The van der Waals surface area contributed by atoms with Gasteiger partial charge in [0, 0.05) is 23.1 Å². The molecule has 0 unspecified atom stereocenters. The van der Waals surface area contributed by atoms with Crippen molar-refractivity contribution in [3.05, 3.63) is 65.9 Å². The molecule has 0 saturated heterocycles. The van der Waals surface area contributed by atoms with Crippen molar-refractivity contribution in [3.63, 3.8) is 0 Å². The number of urea groups is 1. The molecule has 3 aromatic rings. The van der Waals surface area contributed by atoms with E-state index in [0.29, 0.717) is 5.69 Å². The first-order valence-electron chi connectivity index (χ1n) is 7.43. The first-order chi connectivity index (χ1) is 11.3. The van der Waals surface area contributed by atoms with Crippen molar-refractivity contribution >= 4 is 28.9 Å². The van der Waals surface area contributed by atoms with Crippen molar-refractivity contribution in [1.82, 2.24) is 5.43 Å². The van der Waals surface area contributed by atoms with Crippen molar-refractivity contribution in [2.45, 2.75) is 13.3 Å². The van der Waals surface area contributed by atoms with Crippen LogP contribution in [0.3, 0.4) is 0 Å². The lowest BCUT2D eigenvalue weighted by atomic mass is 10.1. The van der Waals surface area contributed by atoms with Gasteiger partial charge < -0.3 is 9.73 Å². The maximum absolute atomic E-state index is 11.8. The molecule has 0 fully saturated rings. The number of para-hydroxylation sites is 2. The quantitative estimate of drug-likeness (QED) is 0.561. The molecule has 0 bridgehead atoms. The number of nitrogens with zero attached hydrogens (tertiary/aromatic N) is 1. The Morgan fingerprint density at radius 2 is 1.87 bits per heavy atom. The molecule has 0 aliphatic rings. The third-order valence-electron chi connectivity index (χ3n) is 3.42. The highest BCUT2D eigenvalue weighted by molar-refractivity contribution is 6.00. The molecule has 1 aromatic heterocycles. The Morgan fingerprint density at radius 3 is 2.65 bits per heavy atom. The zero-order chi connectivity index (χ0) is 16.1.